The molecule has 10 heteroatoms. The monoisotopic (exact) mass is 426 g/mol. The molecule has 3 N–H and O–H groups in total. The summed E-state index contributed by atoms with van der Waals surface area (Å²) in [6.07, 6.45) is 2.17. The SMILES string of the molecule is CNC(=O)c1ccc(O)c(-c2cnc(NCC3(c4ncccc4F)CC(F)C3)nn2)c1. The van der Waals surface area contributed by atoms with Gasteiger partial charge in [0.1, 0.15) is 23.4 Å². The number of hydrogen-bond acceptors (Lipinski definition) is 7. The first-order valence-electron chi connectivity index (χ1n) is 9.66. The maximum Gasteiger partial charge on any atom is 0.251 e. The standard InChI is InChI=1S/C21H20F2N6O2/c1-24-19(31)12-4-5-17(30)14(7-12)16-10-26-20(29-28-16)27-11-21(8-13(22)9-21)18-15(23)3-2-6-25-18/h2-7,10,13,30H,8-9,11H2,1H3,(H,24,31)(H,26,27,29). The van der Waals surface area contributed by atoms with E-state index < -0.39 is 17.4 Å². The summed E-state index contributed by atoms with van der Waals surface area (Å²) < 4.78 is 27.9. The van der Waals surface area contributed by atoms with Crippen molar-refractivity contribution in [3.05, 3.63) is 59.8 Å². The fraction of sp³-hybridized carbons (Fsp3) is 0.286. The van der Waals surface area contributed by atoms with Crippen LogP contribution in [-0.4, -0.2) is 50.9 Å². The van der Waals surface area contributed by atoms with Crippen LogP contribution in [0.2, 0.25) is 0 Å². The first-order valence-corrected chi connectivity index (χ1v) is 9.66. The molecule has 0 unspecified atom stereocenters. The predicted molar refractivity (Wildman–Crippen MR) is 109 cm³/mol. The number of benzene rings is 1. The van der Waals surface area contributed by atoms with Crippen molar-refractivity contribution in [3.8, 4) is 17.0 Å². The van der Waals surface area contributed by atoms with Crippen molar-refractivity contribution in [1.82, 2.24) is 25.5 Å². The lowest BCUT2D eigenvalue weighted by Crippen LogP contribution is -2.49. The van der Waals surface area contributed by atoms with Crippen LogP contribution in [0, 0.1) is 5.82 Å². The van der Waals surface area contributed by atoms with Gasteiger partial charge in [-0.2, -0.15) is 0 Å². The van der Waals surface area contributed by atoms with Crippen LogP contribution in [-0.2, 0) is 5.41 Å². The third-order valence-corrected chi connectivity index (χ3v) is 5.39. The van der Waals surface area contributed by atoms with Crippen LogP contribution in [0.1, 0.15) is 28.9 Å². The highest BCUT2D eigenvalue weighted by molar-refractivity contribution is 5.95. The van der Waals surface area contributed by atoms with Crippen LogP contribution in [0.3, 0.4) is 0 Å². The van der Waals surface area contributed by atoms with Gasteiger partial charge in [-0.05, 0) is 43.2 Å². The van der Waals surface area contributed by atoms with Crippen molar-refractivity contribution >= 4 is 11.9 Å². The lowest BCUT2D eigenvalue weighted by Gasteiger charge is -2.43. The molecule has 0 aliphatic heterocycles. The molecule has 1 aliphatic carbocycles. The number of hydrogen-bond donors (Lipinski definition) is 3. The molecule has 1 aromatic carbocycles. The Morgan fingerprint density at radius 1 is 1.26 bits per heavy atom. The van der Waals surface area contributed by atoms with Gasteiger partial charge in [0.2, 0.25) is 5.95 Å². The van der Waals surface area contributed by atoms with E-state index in [0.29, 0.717) is 11.1 Å². The van der Waals surface area contributed by atoms with E-state index in [9.17, 15) is 18.7 Å². The molecule has 1 amide bonds. The molecule has 8 nitrogen and oxygen atoms in total. The van der Waals surface area contributed by atoms with Gasteiger partial charge in [0.05, 0.1) is 11.9 Å². The van der Waals surface area contributed by atoms with E-state index in [4.69, 9.17) is 0 Å². The number of carbonyl (C=O) groups is 1. The van der Waals surface area contributed by atoms with Gasteiger partial charge in [-0.15, -0.1) is 10.2 Å². The molecule has 2 heterocycles. The second-order valence-electron chi connectivity index (χ2n) is 7.45. The number of pyridine rings is 1. The molecule has 1 fully saturated rings. The van der Waals surface area contributed by atoms with E-state index in [1.807, 2.05) is 0 Å². The van der Waals surface area contributed by atoms with Crippen molar-refractivity contribution < 1.29 is 18.7 Å². The number of halogens is 2. The first kappa shape index (κ1) is 20.6. The molecule has 3 aromatic rings. The van der Waals surface area contributed by atoms with E-state index in [0.717, 1.165) is 0 Å². The normalized spacial score (nSPS) is 20.0. The number of anilines is 1. The topological polar surface area (TPSA) is 113 Å². The van der Waals surface area contributed by atoms with Crippen molar-refractivity contribution in [2.45, 2.75) is 24.4 Å². The van der Waals surface area contributed by atoms with E-state index >= 15 is 0 Å². The lowest BCUT2D eigenvalue weighted by molar-refractivity contribution is 0.0958. The molecule has 0 atom stereocenters. The second kappa shape index (κ2) is 8.21. The Labute approximate surface area is 176 Å². The number of phenols is 1. The predicted octanol–water partition coefficient (Wildman–Crippen LogP) is 2.62. The van der Waals surface area contributed by atoms with Crippen molar-refractivity contribution in [1.29, 1.82) is 0 Å². The number of phenolic OH excluding ortho intramolecular Hbond substituents is 1. The minimum atomic E-state index is -1.01. The van der Waals surface area contributed by atoms with E-state index in [1.54, 1.807) is 0 Å². The molecule has 2 aromatic heterocycles. The molecule has 1 aliphatic rings. The van der Waals surface area contributed by atoms with Crippen LogP contribution in [0.4, 0.5) is 14.7 Å². The maximum atomic E-state index is 14.2. The highest BCUT2D eigenvalue weighted by Crippen LogP contribution is 2.45. The Balaban J connectivity index is 1.52. The van der Waals surface area contributed by atoms with E-state index in [2.05, 4.69) is 30.8 Å². The van der Waals surface area contributed by atoms with E-state index in [-0.39, 0.29) is 48.4 Å². The summed E-state index contributed by atoms with van der Waals surface area (Å²) in [6.45, 7) is 0.194. The first-order chi connectivity index (χ1) is 14.9. The molecular weight excluding hydrogens is 406 g/mol. The van der Waals surface area contributed by atoms with Crippen LogP contribution < -0.4 is 10.6 Å². The number of rotatable bonds is 6. The molecule has 31 heavy (non-hydrogen) atoms. The van der Waals surface area contributed by atoms with Crippen LogP contribution in [0.5, 0.6) is 5.75 Å². The zero-order chi connectivity index (χ0) is 22.0. The number of nitrogens with one attached hydrogen (secondary N) is 2. The molecular formula is C21H20F2N6O2. The zero-order valence-corrected chi connectivity index (χ0v) is 16.6. The number of amides is 1. The Bertz CT molecular complexity index is 1100. The Kier molecular flexibility index (Phi) is 5.45. The summed E-state index contributed by atoms with van der Waals surface area (Å²) in [7, 11) is 1.51. The van der Waals surface area contributed by atoms with Crippen molar-refractivity contribution in [3.63, 3.8) is 0 Å². The fourth-order valence-electron chi connectivity index (χ4n) is 3.74. The van der Waals surface area contributed by atoms with Crippen molar-refractivity contribution in [2.75, 3.05) is 18.9 Å². The van der Waals surface area contributed by atoms with Gasteiger partial charge >= 0.3 is 0 Å². The zero-order valence-electron chi connectivity index (χ0n) is 16.6. The molecule has 1 saturated carbocycles. The number of nitrogens with zero attached hydrogens (tertiary/aromatic N) is 4. The van der Waals surface area contributed by atoms with Gasteiger partial charge < -0.3 is 15.7 Å². The highest BCUT2D eigenvalue weighted by Gasteiger charge is 2.48. The smallest absolute Gasteiger partial charge is 0.251 e. The lowest BCUT2D eigenvalue weighted by atomic mass is 9.65. The van der Waals surface area contributed by atoms with Gasteiger partial charge in [-0.25, -0.2) is 13.8 Å². The third kappa shape index (κ3) is 4.00. The quantitative estimate of drug-likeness (QED) is 0.555. The second-order valence-corrected chi connectivity index (χ2v) is 7.45. The minimum absolute atomic E-state index is 0.0718. The molecule has 160 valence electrons. The molecule has 4 rings (SSSR count). The third-order valence-electron chi connectivity index (χ3n) is 5.39. The average Bonchev–Trinajstić information content (AvgIpc) is 2.76. The Morgan fingerprint density at radius 3 is 2.71 bits per heavy atom. The summed E-state index contributed by atoms with van der Waals surface area (Å²) in [5.74, 6) is -0.683. The molecule has 0 saturated heterocycles. The summed E-state index contributed by atoms with van der Waals surface area (Å²) in [6, 6.07) is 7.17. The number of aromatic nitrogens is 4. The van der Waals surface area contributed by atoms with Crippen LogP contribution >= 0.6 is 0 Å². The molecule has 0 radical (unpaired) electrons. The number of carbonyl (C=O) groups excluding carboxylic acids is 1. The van der Waals surface area contributed by atoms with Gasteiger partial charge in [-0.3, -0.25) is 9.78 Å². The molecule has 0 spiro atoms. The number of aromatic hydroxyl groups is 1. The van der Waals surface area contributed by atoms with Crippen molar-refractivity contribution in [2.24, 2.45) is 0 Å². The fourth-order valence-corrected chi connectivity index (χ4v) is 3.74. The highest BCUT2D eigenvalue weighted by atomic mass is 19.1. The molecule has 0 bridgehead atoms. The van der Waals surface area contributed by atoms with Crippen LogP contribution in [0.25, 0.3) is 11.3 Å². The summed E-state index contributed by atoms with van der Waals surface area (Å²) >= 11 is 0. The largest absolute Gasteiger partial charge is 0.507 e. The van der Waals surface area contributed by atoms with Gasteiger partial charge in [-0.1, -0.05) is 0 Å². The summed E-state index contributed by atoms with van der Waals surface area (Å²) in [4.78, 5) is 20.1. The number of alkyl halides is 1. The van der Waals surface area contributed by atoms with Gasteiger partial charge in [0.15, 0.2) is 0 Å². The Morgan fingerprint density at radius 2 is 2.06 bits per heavy atom. The average molecular weight is 426 g/mol. The van der Waals surface area contributed by atoms with Gasteiger partial charge in [0.25, 0.3) is 5.91 Å². The van der Waals surface area contributed by atoms with Crippen LogP contribution in [0.15, 0.2) is 42.7 Å². The van der Waals surface area contributed by atoms with Gasteiger partial charge in [0, 0.05) is 36.3 Å². The maximum absolute atomic E-state index is 14.2. The minimum Gasteiger partial charge on any atom is -0.507 e. The summed E-state index contributed by atoms with van der Waals surface area (Å²) in [5.41, 5.74) is 0.361. The van der Waals surface area contributed by atoms with E-state index in [1.165, 1.54) is 49.8 Å². The summed E-state index contributed by atoms with van der Waals surface area (Å²) in [5, 5.41) is 23.7. The Hall–Kier alpha value is -3.69.